The second-order valence-corrected chi connectivity index (χ2v) is 5.16. The molecule has 2 N–H and O–H groups in total. The van der Waals surface area contributed by atoms with Crippen LogP contribution in [0.15, 0.2) is 0 Å². The van der Waals surface area contributed by atoms with Crippen molar-refractivity contribution in [1.82, 2.24) is 10.2 Å². The minimum absolute atomic E-state index is 0.00453. The van der Waals surface area contributed by atoms with E-state index in [0.717, 1.165) is 13.0 Å². The molecular weight excluding hydrogens is 236 g/mol. The number of carbonyl (C=O) groups is 2. The summed E-state index contributed by atoms with van der Waals surface area (Å²) < 4.78 is 5.30. The number of rotatable bonds is 3. The van der Waals surface area contributed by atoms with Crippen molar-refractivity contribution in [2.75, 3.05) is 26.3 Å². The van der Waals surface area contributed by atoms with Gasteiger partial charge in [0.1, 0.15) is 5.54 Å². The van der Waals surface area contributed by atoms with Gasteiger partial charge in [0.25, 0.3) is 0 Å². The van der Waals surface area contributed by atoms with Gasteiger partial charge in [-0.1, -0.05) is 0 Å². The summed E-state index contributed by atoms with van der Waals surface area (Å²) in [4.78, 5) is 25.0. The van der Waals surface area contributed by atoms with E-state index < -0.39 is 11.5 Å². The molecule has 2 aliphatic heterocycles. The molecule has 0 radical (unpaired) electrons. The van der Waals surface area contributed by atoms with Crippen LogP contribution >= 0.6 is 0 Å². The van der Waals surface area contributed by atoms with Crippen LogP contribution in [0.4, 0.5) is 0 Å². The topological polar surface area (TPSA) is 78.9 Å². The normalized spacial score (nSPS) is 32.5. The molecule has 18 heavy (non-hydrogen) atoms. The average molecular weight is 256 g/mol. The zero-order valence-corrected chi connectivity index (χ0v) is 10.6. The third-order valence-corrected chi connectivity index (χ3v) is 3.82. The predicted molar refractivity (Wildman–Crippen MR) is 64.2 cm³/mol. The van der Waals surface area contributed by atoms with Gasteiger partial charge in [0.15, 0.2) is 0 Å². The molecule has 2 unspecified atom stereocenters. The molecular formula is C12H20N2O4. The van der Waals surface area contributed by atoms with Gasteiger partial charge < -0.3 is 20.1 Å². The van der Waals surface area contributed by atoms with Crippen molar-refractivity contribution in [3.63, 3.8) is 0 Å². The molecule has 6 heteroatoms. The summed E-state index contributed by atoms with van der Waals surface area (Å²) in [5.41, 5.74) is -1.04. The highest BCUT2D eigenvalue weighted by atomic mass is 16.5. The van der Waals surface area contributed by atoms with Crippen LogP contribution in [0.25, 0.3) is 0 Å². The number of aliphatic carboxylic acids is 1. The minimum Gasteiger partial charge on any atom is -0.480 e. The zero-order chi connectivity index (χ0) is 13.2. The lowest BCUT2D eigenvalue weighted by atomic mass is 9.98. The fourth-order valence-corrected chi connectivity index (χ4v) is 2.66. The monoisotopic (exact) mass is 256 g/mol. The molecule has 2 fully saturated rings. The van der Waals surface area contributed by atoms with E-state index >= 15 is 0 Å². The molecule has 0 aromatic carbocycles. The van der Waals surface area contributed by atoms with Gasteiger partial charge in [-0.2, -0.15) is 0 Å². The third-order valence-electron chi connectivity index (χ3n) is 3.82. The first kappa shape index (κ1) is 13.3. The number of hydrogen-bond donors (Lipinski definition) is 2. The van der Waals surface area contributed by atoms with Gasteiger partial charge in [-0.25, -0.2) is 4.79 Å². The van der Waals surface area contributed by atoms with Crippen molar-refractivity contribution >= 4 is 11.9 Å². The summed E-state index contributed by atoms with van der Waals surface area (Å²) in [6.45, 7) is 4.10. The van der Waals surface area contributed by atoms with E-state index in [-0.39, 0.29) is 11.9 Å². The van der Waals surface area contributed by atoms with Gasteiger partial charge in [0, 0.05) is 25.6 Å². The lowest BCUT2D eigenvalue weighted by Gasteiger charge is -2.33. The van der Waals surface area contributed by atoms with E-state index in [4.69, 9.17) is 4.74 Å². The summed E-state index contributed by atoms with van der Waals surface area (Å²) in [5, 5.41) is 12.5. The number of amides is 1. The van der Waals surface area contributed by atoms with Gasteiger partial charge in [0.2, 0.25) is 5.91 Å². The molecule has 2 saturated heterocycles. The number of likely N-dealkylation sites (tertiary alicyclic amines) is 1. The third kappa shape index (κ3) is 2.49. The van der Waals surface area contributed by atoms with E-state index in [1.54, 1.807) is 6.92 Å². The SMILES string of the molecule is CC1(C(=O)O)CCCN1C(=O)CC1COCCN1. The first-order valence-corrected chi connectivity index (χ1v) is 6.39. The maximum absolute atomic E-state index is 12.2. The van der Waals surface area contributed by atoms with Crippen LogP contribution in [0.5, 0.6) is 0 Å². The molecule has 0 bridgehead atoms. The number of hydrogen-bond acceptors (Lipinski definition) is 4. The Kier molecular flexibility index (Phi) is 3.87. The summed E-state index contributed by atoms with van der Waals surface area (Å²) in [6.07, 6.45) is 1.59. The van der Waals surface area contributed by atoms with Crippen LogP contribution in [0.2, 0.25) is 0 Å². The summed E-state index contributed by atoms with van der Waals surface area (Å²) >= 11 is 0. The molecule has 0 aromatic rings. The van der Waals surface area contributed by atoms with Gasteiger partial charge in [-0.15, -0.1) is 0 Å². The Morgan fingerprint density at radius 1 is 1.56 bits per heavy atom. The Morgan fingerprint density at radius 2 is 2.33 bits per heavy atom. The quantitative estimate of drug-likeness (QED) is 0.733. The number of ether oxygens (including phenoxy) is 1. The van der Waals surface area contributed by atoms with E-state index in [0.29, 0.717) is 32.6 Å². The predicted octanol–water partition coefficient (Wildman–Crippen LogP) is -0.169. The molecule has 102 valence electrons. The first-order chi connectivity index (χ1) is 8.54. The van der Waals surface area contributed by atoms with Crippen LogP contribution in [-0.2, 0) is 14.3 Å². The molecule has 2 rings (SSSR count). The molecule has 0 spiro atoms. The number of nitrogens with zero attached hydrogens (tertiary/aromatic N) is 1. The average Bonchev–Trinajstić information content (AvgIpc) is 2.74. The van der Waals surface area contributed by atoms with Crippen molar-refractivity contribution in [3.8, 4) is 0 Å². The Labute approximate surface area is 106 Å². The zero-order valence-electron chi connectivity index (χ0n) is 10.6. The molecule has 2 aliphatic rings. The Morgan fingerprint density at radius 3 is 2.94 bits per heavy atom. The van der Waals surface area contributed by atoms with Crippen LogP contribution in [-0.4, -0.2) is 59.8 Å². The molecule has 0 saturated carbocycles. The Hall–Kier alpha value is -1.14. The molecule has 2 heterocycles. The summed E-state index contributed by atoms with van der Waals surface area (Å²) in [5.74, 6) is -1.01. The summed E-state index contributed by atoms with van der Waals surface area (Å²) in [6, 6.07) is 0.00453. The Bertz CT molecular complexity index is 341. The van der Waals surface area contributed by atoms with Crippen molar-refractivity contribution in [3.05, 3.63) is 0 Å². The smallest absolute Gasteiger partial charge is 0.329 e. The largest absolute Gasteiger partial charge is 0.480 e. The maximum atomic E-state index is 12.2. The number of morpholine rings is 1. The van der Waals surface area contributed by atoms with E-state index in [1.165, 1.54) is 4.90 Å². The standard InChI is InChI=1S/C12H20N2O4/c1-12(11(16)17)3-2-5-14(12)10(15)7-9-8-18-6-4-13-9/h9,13H,2-8H2,1H3,(H,16,17). The molecule has 0 aliphatic carbocycles. The van der Waals surface area contributed by atoms with E-state index in [2.05, 4.69) is 5.32 Å². The second-order valence-electron chi connectivity index (χ2n) is 5.16. The van der Waals surface area contributed by atoms with Crippen LogP contribution < -0.4 is 5.32 Å². The highest BCUT2D eigenvalue weighted by molar-refractivity contribution is 5.87. The number of carboxylic acid groups (broad SMARTS) is 1. The summed E-state index contributed by atoms with van der Waals surface area (Å²) in [7, 11) is 0. The van der Waals surface area contributed by atoms with Gasteiger partial charge >= 0.3 is 5.97 Å². The van der Waals surface area contributed by atoms with Crippen molar-refractivity contribution in [1.29, 1.82) is 0 Å². The fraction of sp³-hybridized carbons (Fsp3) is 0.833. The molecule has 2 atom stereocenters. The number of carbonyl (C=O) groups excluding carboxylic acids is 1. The highest BCUT2D eigenvalue weighted by Gasteiger charge is 2.45. The van der Waals surface area contributed by atoms with E-state index in [9.17, 15) is 14.7 Å². The van der Waals surface area contributed by atoms with Crippen LogP contribution in [0, 0.1) is 0 Å². The van der Waals surface area contributed by atoms with E-state index in [1.807, 2.05) is 0 Å². The molecule has 6 nitrogen and oxygen atoms in total. The minimum atomic E-state index is -1.04. The number of nitrogens with one attached hydrogen (secondary N) is 1. The lowest BCUT2D eigenvalue weighted by Crippen LogP contribution is -2.53. The van der Waals surface area contributed by atoms with Crippen LogP contribution in [0.1, 0.15) is 26.2 Å². The van der Waals surface area contributed by atoms with Gasteiger partial charge in [0.05, 0.1) is 13.2 Å². The lowest BCUT2D eigenvalue weighted by molar-refractivity contribution is -0.155. The van der Waals surface area contributed by atoms with Gasteiger partial charge in [-0.05, 0) is 19.8 Å². The van der Waals surface area contributed by atoms with Crippen molar-refractivity contribution in [2.24, 2.45) is 0 Å². The fourth-order valence-electron chi connectivity index (χ4n) is 2.66. The van der Waals surface area contributed by atoms with Gasteiger partial charge in [-0.3, -0.25) is 4.79 Å². The molecule has 1 amide bonds. The van der Waals surface area contributed by atoms with Crippen molar-refractivity contribution in [2.45, 2.75) is 37.8 Å². The second kappa shape index (κ2) is 5.24. The van der Waals surface area contributed by atoms with Crippen molar-refractivity contribution < 1.29 is 19.4 Å². The maximum Gasteiger partial charge on any atom is 0.329 e. The molecule has 0 aromatic heterocycles. The highest BCUT2D eigenvalue weighted by Crippen LogP contribution is 2.30. The Balaban J connectivity index is 1.97. The first-order valence-electron chi connectivity index (χ1n) is 6.39. The number of carboxylic acids is 1. The van der Waals surface area contributed by atoms with Crippen LogP contribution in [0.3, 0.4) is 0 Å².